The van der Waals surface area contributed by atoms with Crippen molar-refractivity contribution in [1.82, 2.24) is 24.7 Å². The summed E-state index contributed by atoms with van der Waals surface area (Å²) < 4.78 is 1.78. The molecule has 3 aliphatic heterocycles. The molecule has 3 aliphatic rings. The lowest BCUT2D eigenvalue weighted by Gasteiger charge is -2.56. The molecule has 0 N–H and O–H groups in total. The SMILES string of the molecule is Cc1nnc2ccc(N3CC4CC(C3)N4C(=O)CCCc3ccccc3)nn12. The molecule has 28 heavy (non-hydrogen) atoms. The van der Waals surface area contributed by atoms with Crippen LogP contribution in [0, 0.1) is 6.92 Å². The smallest absolute Gasteiger partial charge is 0.223 e. The van der Waals surface area contributed by atoms with Crippen LogP contribution >= 0.6 is 0 Å². The molecule has 0 radical (unpaired) electrons. The van der Waals surface area contributed by atoms with Gasteiger partial charge in [-0.15, -0.1) is 15.3 Å². The molecule has 0 spiro atoms. The van der Waals surface area contributed by atoms with Gasteiger partial charge in [-0.1, -0.05) is 30.3 Å². The molecule has 3 saturated heterocycles. The first-order valence-corrected chi connectivity index (χ1v) is 9.98. The van der Waals surface area contributed by atoms with Gasteiger partial charge in [0.1, 0.15) is 5.82 Å². The second kappa shape index (κ2) is 6.89. The van der Waals surface area contributed by atoms with E-state index in [2.05, 4.69) is 49.4 Å². The quantitative estimate of drug-likeness (QED) is 0.683. The third-order valence-corrected chi connectivity index (χ3v) is 5.91. The minimum absolute atomic E-state index is 0.301. The fourth-order valence-electron chi connectivity index (χ4n) is 4.48. The number of hydrogen-bond acceptors (Lipinski definition) is 5. The van der Waals surface area contributed by atoms with E-state index in [1.165, 1.54) is 5.56 Å². The van der Waals surface area contributed by atoms with E-state index >= 15 is 0 Å². The van der Waals surface area contributed by atoms with E-state index in [0.29, 0.717) is 24.4 Å². The number of anilines is 1. The van der Waals surface area contributed by atoms with E-state index in [9.17, 15) is 4.79 Å². The van der Waals surface area contributed by atoms with Crippen LogP contribution in [-0.4, -0.2) is 55.8 Å². The van der Waals surface area contributed by atoms with E-state index in [4.69, 9.17) is 0 Å². The zero-order chi connectivity index (χ0) is 19.1. The molecule has 2 atom stereocenters. The Morgan fingerprint density at radius 3 is 2.64 bits per heavy atom. The van der Waals surface area contributed by atoms with E-state index in [0.717, 1.165) is 49.6 Å². The van der Waals surface area contributed by atoms with Crippen molar-refractivity contribution in [2.45, 2.75) is 44.7 Å². The monoisotopic (exact) mass is 376 g/mol. The first-order valence-electron chi connectivity index (χ1n) is 9.98. The van der Waals surface area contributed by atoms with Gasteiger partial charge in [-0.25, -0.2) is 0 Å². The Labute approximate surface area is 164 Å². The van der Waals surface area contributed by atoms with E-state index in [-0.39, 0.29) is 0 Å². The largest absolute Gasteiger partial charge is 0.351 e. The van der Waals surface area contributed by atoms with Crippen LogP contribution in [0.3, 0.4) is 0 Å². The van der Waals surface area contributed by atoms with Crippen LogP contribution in [0.1, 0.15) is 30.7 Å². The van der Waals surface area contributed by atoms with Gasteiger partial charge in [0.15, 0.2) is 11.5 Å². The molecule has 6 rings (SSSR count). The normalized spacial score (nSPS) is 21.0. The summed E-state index contributed by atoms with van der Waals surface area (Å²) in [6.45, 7) is 3.60. The predicted molar refractivity (Wildman–Crippen MR) is 106 cm³/mol. The lowest BCUT2D eigenvalue weighted by molar-refractivity contribution is -0.146. The third-order valence-electron chi connectivity index (χ3n) is 5.91. The number of carbonyl (C=O) groups is 1. The van der Waals surface area contributed by atoms with Gasteiger partial charge in [0, 0.05) is 19.5 Å². The molecule has 1 aromatic carbocycles. The van der Waals surface area contributed by atoms with Gasteiger partial charge in [-0.3, -0.25) is 4.79 Å². The number of carbonyl (C=O) groups excluding carboxylic acids is 1. The first kappa shape index (κ1) is 17.2. The number of hydrogen-bond donors (Lipinski definition) is 0. The van der Waals surface area contributed by atoms with Crippen molar-refractivity contribution in [3.8, 4) is 0 Å². The van der Waals surface area contributed by atoms with E-state index in [1.54, 1.807) is 4.52 Å². The molecule has 144 valence electrons. The Balaban J connectivity index is 1.19. The predicted octanol–water partition coefficient (Wildman–Crippen LogP) is 2.25. The van der Waals surface area contributed by atoms with Gasteiger partial charge in [0.25, 0.3) is 0 Å². The fraction of sp³-hybridized carbons (Fsp3) is 0.429. The molecular weight excluding hydrogens is 352 g/mol. The Hall–Kier alpha value is -2.96. The maximum atomic E-state index is 12.7. The lowest BCUT2D eigenvalue weighted by Crippen LogP contribution is -2.70. The van der Waals surface area contributed by atoms with Gasteiger partial charge in [-0.2, -0.15) is 4.52 Å². The van der Waals surface area contributed by atoms with Crippen LogP contribution in [-0.2, 0) is 11.2 Å². The van der Waals surface area contributed by atoms with Crippen molar-refractivity contribution < 1.29 is 4.79 Å². The Kier molecular flexibility index (Phi) is 4.22. The Morgan fingerprint density at radius 2 is 1.86 bits per heavy atom. The number of nitrogens with zero attached hydrogens (tertiary/aromatic N) is 6. The molecule has 2 unspecified atom stereocenters. The minimum Gasteiger partial charge on any atom is -0.351 e. The van der Waals surface area contributed by atoms with Crippen molar-refractivity contribution >= 4 is 17.4 Å². The minimum atomic E-state index is 0.301. The third kappa shape index (κ3) is 3.00. The average molecular weight is 376 g/mol. The van der Waals surface area contributed by atoms with Gasteiger partial charge >= 0.3 is 0 Å². The highest BCUT2D eigenvalue weighted by atomic mass is 16.2. The maximum Gasteiger partial charge on any atom is 0.223 e. The fourth-order valence-corrected chi connectivity index (χ4v) is 4.48. The maximum absolute atomic E-state index is 12.7. The van der Waals surface area contributed by atoms with Gasteiger partial charge in [-0.05, 0) is 43.9 Å². The molecule has 7 heteroatoms. The summed E-state index contributed by atoms with van der Waals surface area (Å²) in [4.78, 5) is 17.1. The zero-order valence-electron chi connectivity index (χ0n) is 16.0. The topological polar surface area (TPSA) is 66.6 Å². The molecule has 7 nitrogen and oxygen atoms in total. The van der Waals surface area contributed by atoms with Gasteiger partial charge < -0.3 is 9.80 Å². The summed E-state index contributed by atoms with van der Waals surface area (Å²) in [7, 11) is 0. The summed E-state index contributed by atoms with van der Waals surface area (Å²) in [6, 6.07) is 15.0. The van der Waals surface area contributed by atoms with Crippen molar-refractivity contribution in [3.05, 3.63) is 53.9 Å². The van der Waals surface area contributed by atoms with Crippen LogP contribution in [0.15, 0.2) is 42.5 Å². The number of piperidine rings is 1. The van der Waals surface area contributed by atoms with Crippen LogP contribution in [0.2, 0.25) is 0 Å². The summed E-state index contributed by atoms with van der Waals surface area (Å²) in [5.41, 5.74) is 2.06. The average Bonchev–Trinajstić information content (AvgIpc) is 3.09. The molecule has 2 aromatic heterocycles. The second-order valence-corrected chi connectivity index (χ2v) is 7.80. The summed E-state index contributed by atoms with van der Waals surface area (Å²) >= 11 is 0. The number of rotatable bonds is 5. The number of aryl methyl sites for hydroxylation is 2. The van der Waals surface area contributed by atoms with Crippen LogP contribution < -0.4 is 4.90 Å². The summed E-state index contributed by atoms with van der Waals surface area (Å²) in [5.74, 6) is 2.02. The number of amides is 1. The first-order chi connectivity index (χ1) is 13.7. The standard InChI is InChI=1S/C21H24N6O/c1-15-22-23-19-10-11-20(24-27(15)19)25-13-17-12-18(14-25)26(17)21(28)9-5-8-16-6-3-2-4-7-16/h2-4,6-7,10-11,17-18H,5,8-9,12-14H2,1H3. The summed E-state index contributed by atoms with van der Waals surface area (Å²) in [6.07, 6.45) is 3.61. The zero-order valence-corrected chi connectivity index (χ0v) is 16.0. The molecule has 0 aliphatic carbocycles. The highest BCUT2D eigenvalue weighted by Crippen LogP contribution is 2.34. The highest BCUT2D eigenvalue weighted by Gasteiger charge is 2.47. The highest BCUT2D eigenvalue weighted by molar-refractivity contribution is 5.78. The van der Waals surface area contributed by atoms with Crippen molar-refractivity contribution in [2.24, 2.45) is 0 Å². The molecule has 3 aromatic rings. The van der Waals surface area contributed by atoms with Crippen molar-refractivity contribution in [2.75, 3.05) is 18.0 Å². The number of aromatic nitrogens is 4. The molecule has 5 heterocycles. The second-order valence-electron chi connectivity index (χ2n) is 7.80. The van der Waals surface area contributed by atoms with Crippen LogP contribution in [0.25, 0.3) is 5.65 Å². The molecular formula is C21H24N6O. The van der Waals surface area contributed by atoms with Gasteiger partial charge in [0.2, 0.25) is 5.91 Å². The number of benzene rings is 1. The molecule has 0 saturated carbocycles. The van der Waals surface area contributed by atoms with Gasteiger partial charge in [0.05, 0.1) is 12.1 Å². The molecule has 3 fully saturated rings. The number of piperazine rings is 1. The molecule has 1 amide bonds. The van der Waals surface area contributed by atoms with Crippen molar-refractivity contribution in [3.63, 3.8) is 0 Å². The lowest BCUT2D eigenvalue weighted by atomic mass is 9.86. The van der Waals surface area contributed by atoms with Crippen molar-refractivity contribution in [1.29, 1.82) is 0 Å². The number of fused-ring (bicyclic) bond motifs is 3. The summed E-state index contributed by atoms with van der Waals surface area (Å²) in [5, 5.41) is 12.8. The van der Waals surface area contributed by atoms with Crippen LogP contribution in [0.5, 0.6) is 0 Å². The van der Waals surface area contributed by atoms with Crippen LogP contribution in [0.4, 0.5) is 5.82 Å². The Bertz CT molecular complexity index is 989. The molecule has 2 bridgehead atoms. The van der Waals surface area contributed by atoms with E-state index < -0.39 is 0 Å². The van der Waals surface area contributed by atoms with E-state index in [1.807, 2.05) is 25.1 Å². The Morgan fingerprint density at radius 1 is 1.07 bits per heavy atom.